The molecular weight excluding hydrogens is 336 g/mol. The monoisotopic (exact) mass is 360 g/mol. The van der Waals surface area contributed by atoms with Gasteiger partial charge >= 0.3 is 5.69 Å². The number of aromatic nitrogens is 2. The van der Waals surface area contributed by atoms with Crippen molar-refractivity contribution in [3.63, 3.8) is 0 Å². The van der Waals surface area contributed by atoms with E-state index >= 15 is 0 Å². The van der Waals surface area contributed by atoms with Crippen molar-refractivity contribution in [2.24, 2.45) is 0 Å². The van der Waals surface area contributed by atoms with Gasteiger partial charge in [0.2, 0.25) is 0 Å². The van der Waals surface area contributed by atoms with Gasteiger partial charge in [-0.2, -0.15) is 0 Å². The molecule has 8 heteroatoms. The number of hydrogen-bond donors (Lipinski definition) is 2. The lowest BCUT2D eigenvalue weighted by atomic mass is 10.2. The second-order valence-electron chi connectivity index (χ2n) is 5.90. The predicted octanol–water partition coefficient (Wildman–Crippen LogP) is 0.947. The van der Waals surface area contributed by atoms with Gasteiger partial charge in [0.25, 0.3) is 11.5 Å². The average Bonchev–Trinajstić information content (AvgIpc) is 2.62. The topological polar surface area (TPSA) is 110 Å². The number of carbonyl (C=O) groups excluding carboxylic acids is 1. The fraction of sp³-hybridized carbons (Fsp3) is 0.389. The second-order valence-corrected chi connectivity index (χ2v) is 5.90. The van der Waals surface area contributed by atoms with Crippen molar-refractivity contribution < 1.29 is 9.53 Å². The number of hydrogen-bond acceptors (Lipinski definition) is 5. The fourth-order valence-electron chi connectivity index (χ4n) is 2.64. The summed E-state index contributed by atoms with van der Waals surface area (Å²) >= 11 is 0. The quantitative estimate of drug-likeness (QED) is 0.728. The lowest BCUT2D eigenvalue weighted by molar-refractivity contribution is -0.122. The Labute approximate surface area is 151 Å². The van der Waals surface area contributed by atoms with Crippen molar-refractivity contribution in [3.05, 3.63) is 56.7 Å². The van der Waals surface area contributed by atoms with Gasteiger partial charge < -0.3 is 15.4 Å². The molecule has 0 saturated carbocycles. The number of aromatic amines is 1. The standard InChI is InChI=1S/C18H24N4O4/c1-3-4-10-21(14(23)12-26-2)15-16(19)22(18(25)20-17(15)24)11-13-8-6-5-7-9-13/h5-9H,3-4,10-12,19H2,1-2H3,(H,20,24,25). The Morgan fingerprint density at radius 1 is 1.27 bits per heavy atom. The number of nitrogens with zero attached hydrogens (tertiary/aromatic N) is 2. The van der Waals surface area contributed by atoms with Crippen molar-refractivity contribution in [1.29, 1.82) is 0 Å². The maximum atomic E-state index is 12.4. The van der Waals surface area contributed by atoms with Gasteiger partial charge in [0.1, 0.15) is 12.4 Å². The highest BCUT2D eigenvalue weighted by Gasteiger charge is 2.23. The van der Waals surface area contributed by atoms with E-state index in [4.69, 9.17) is 10.5 Å². The van der Waals surface area contributed by atoms with Crippen molar-refractivity contribution >= 4 is 17.4 Å². The highest BCUT2D eigenvalue weighted by molar-refractivity contribution is 5.96. The number of benzene rings is 1. The molecule has 1 heterocycles. The molecule has 1 amide bonds. The van der Waals surface area contributed by atoms with Crippen LogP contribution >= 0.6 is 0 Å². The van der Waals surface area contributed by atoms with Gasteiger partial charge in [0, 0.05) is 13.7 Å². The number of anilines is 2. The van der Waals surface area contributed by atoms with Crippen molar-refractivity contribution in [2.45, 2.75) is 26.3 Å². The van der Waals surface area contributed by atoms with E-state index in [1.54, 1.807) is 0 Å². The van der Waals surface area contributed by atoms with Crippen LogP contribution in [0.3, 0.4) is 0 Å². The van der Waals surface area contributed by atoms with Gasteiger partial charge in [-0.1, -0.05) is 43.7 Å². The zero-order chi connectivity index (χ0) is 19.1. The summed E-state index contributed by atoms with van der Waals surface area (Å²) in [6, 6.07) is 9.25. The number of carbonyl (C=O) groups is 1. The summed E-state index contributed by atoms with van der Waals surface area (Å²) in [5.74, 6) is -0.425. The molecule has 0 aliphatic rings. The van der Waals surface area contributed by atoms with Gasteiger partial charge in [0.05, 0.1) is 6.54 Å². The summed E-state index contributed by atoms with van der Waals surface area (Å²) in [7, 11) is 1.40. The van der Waals surface area contributed by atoms with Crippen molar-refractivity contribution in [1.82, 2.24) is 9.55 Å². The first kappa shape index (κ1) is 19.5. The predicted molar refractivity (Wildman–Crippen MR) is 100 cm³/mol. The molecule has 1 aromatic heterocycles. The molecule has 0 aliphatic heterocycles. The molecule has 0 fully saturated rings. The Hall–Kier alpha value is -2.87. The van der Waals surface area contributed by atoms with Crippen LogP contribution in [-0.4, -0.2) is 35.7 Å². The van der Waals surface area contributed by atoms with Gasteiger partial charge in [-0.15, -0.1) is 0 Å². The molecule has 0 atom stereocenters. The van der Waals surface area contributed by atoms with Gasteiger partial charge in [0.15, 0.2) is 5.69 Å². The van der Waals surface area contributed by atoms with Crippen LogP contribution in [0, 0.1) is 0 Å². The largest absolute Gasteiger partial charge is 0.383 e. The number of nitrogens with one attached hydrogen (secondary N) is 1. The van der Waals surface area contributed by atoms with Crippen molar-refractivity contribution in [3.8, 4) is 0 Å². The van der Waals surface area contributed by atoms with Crippen LogP contribution in [0.25, 0.3) is 0 Å². The number of nitrogens with two attached hydrogens (primary N) is 1. The van der Waals surface area contributed by atoms with Crippen LogP contribution in [0.1, 0.15) is 25.3 Å². The SMILES string of the molecule is CCCCN(C(=O)COC)c1c(N)n(Cc2ccccc2)c(=O)[nH]c1=O. The molecule has 0 aliphatic carbocycles. The maximum Gasteiger partial charge on any atom is 0.330 e. The fourth-order valence-corrected chi connectivity index (χ4v) is 2.64. The van der Waals surface area contributed by atoms with E-state index in [1.165, 1.54) is 16.6 Å². The van der Waals surface area contributed by atoms with E-state index in [0.29, 0.717) is 13.0 Å². The van der Waals surface area contributed by atoms with Gasteiger partial charge in [-0.05, 0) is 12.0 Å². The highest BCUT2D eigenvalue weighted by atomic mass is 16.5. The van der Waals surface area contributed by atoms with E-state index in [1.807, 2.05) is 37.3 Å². The molecule has 140 valence electrons. The highest BCUT2D eigenvalue weighted by Crippen LogP contribution is 2.18. The van der Waals surface area contributed by atoms with E-state index < -0.39 is 11.2 Å². The normalized spacial score (nSPS) is 10.7. The minimum Gasteiger partial charge on any atom is -0.383 e. The molecule has 0 unspecified atom stereocenters. The Kier molecular flexibility index (Phi) is 6.74. The van der Waals surface area contributed by atoms with Crippen LogP contribution in [0.2, 0.25) is 0 Å². The molecule has 3 N–H and O–H groups in total. The minimum atomic E-state index is -0.683. The number of methoxy groups -OCH3 is 1. The Balaban J connectivity index is 2.52. The van der Waals surface area contributed by atoms with Gasteiger partial charge in [-0.3, -0.25) is 19.1 Å². The first-order valence-corrected chi connectivity index (χ1v) is 8.45. The first-order valence-electron chi connectivity index (χ1n) is 8.45. The molecule has 1 aromatic carbocycles. The summed E-state index contributed by atoms with van der Waals surface area (Å²) in [6.45, 7) is 2.30. The van der Waals surface area contributed by atoms with Crippen LogP contribution in [-0.2, 0) is 16.1 Å². The smallest absolute Gasteiger partial charge is 0.330 e. The number of amides is 1. The second kappa shape index (κ2) is 9.00. The molecule has 26 heavy (non-hydrogen) atoms. The van der Waals surface area contributed by atoms with Gasteiger partial charge in [-0.25, -0.2) is 4.79 Å². The molecule has 0 bridgehead atoms. The lowest BCUT2D eigenvalue weighted by Crippen LogP contribution is -2.43. The molecular formula is C18H24N4O4. The van der Waals surface area contributed by atoms with E-state index in [9.17, 15) is 14.4 Å². The summed E-state index contributed by atoms with van der Waals surface area (Å²) < 4.78 is 6.16. The maximum absolute atomic E-state index is 12.4. The number of unbranched alkanes of at least 4 members (excludes halogenated alkanes) is 1. The molecule has 0 radical (unpaired) electrons. The van der Waals surface area contributed by atoms with E-state index in [2.05, 4.69) is 4.98 Å². The van der Waals surface area contributed by atoms with Crippen LogP contribution < -0.4 is 21.9 Å². The van der Waals surface area contributed by atoms with Crippen LogP contribution in [0.4, 0.5) is 11.5 Å². The molecule has 0 saturated heterocycles. The molecule has 0 spiro atoms. The van der Waals surface area contributed by atoms with Crippen LogP contribution in [0.5, 0.6) is 0 Å². The summed E-state index contributed by atoms with van der Waals surface area (Å²) in [4.78, 5) is 40.6. The molecule has 2 aromatic rings. The van der Waals surface area contributed by atoms with Crippen molar-refractivity contribution in [2.75, 3.05) is 30.9 Å². The number of rotatable bonds is 8. The zero-order valence-electron chi connectivity index (χ0n) is 15.0. The van der Waals surface area contributed by atoms with Crippen LogP contribution in [0.15, 0.2) is 39.9 Å². The zero-order valence-corrected chi connectivity index (χ0v) is 15.0. The molecule has 2 rings (SSSR count). The average molecular weight is 360 g/mol. The number of ether oxygens (including phenoxy) is 1. The lowest BCUT2D eigenvalue weighted by Gasteiger charge is -2.24. The summed E-state index contributed by atoms with van der Waals surface area (Å²) in [6.07, 6.45) is 1.52. The summed E-state index contributed by atoms with van der Waals surface area (Å²) in [5, 5.41) is 0. The summed E-state index contributed by atoms with van der Waals surface area (Å²) in [5.41, 5.74) is 5.68. The third kappa shape index (κ3) is 4.40. The van der Waals surface area contributed by atoms with E-state index in [0.717, 1.165) is 12.0 Å². The third-order valence-corrected chi connectivity index (χ3v) is 3.97. The minimum absolute atomic E-state index is 0.0176. The van der Waals surface area contributed by atoms with E-state index in [-0.39, 0.29) is 30.6 Å². The number of nitrogen functional groups attached to an aromatic ring is 1. The Bertz CT molecular complexity index is 858. The molecule has 8 nitrogen and oxygen atoms in total. The Morgan fingerprint density at radius 2 is 1.96 bits per heavy atom. The number of H-pyrrole nitrogens is 1. The Morgan fingerprint density at radius 3 is 2.58 bits per heavy atom. The first-order chi connectivity index (χ1) is 12.5. The third-order valence-electron chi connectivity index (χ3n) is 3.97.